The van der Waals surface area contributed by atoms with Crippen LogP contribution in [-0.2, 0) is 11.8 Å². The van der Waals surface area contributed by atoms with Gasteiger partial charge < -0.3 is 19.5 Å². The summed E-state index contributed by atoms with van der Waals surface area (Å²) < 4.78 is 6.49. The third-order valence-corrected chi connectivity index (χ3v) is 4.64. The van der Waals surface area contributed by atoms with E-state index < -0.39 is 0 Å². The first kappa shape index (κ1) is 17.0. The predicted octanol–water partition coefficient (Wildman–Crippen LogP) is -0.450. The van der Waals surface area contributed by atoms with Gasteiger partial charge in [0, 0.05) is 38.4 Å². The van der Waals surface area contributed by atoms with Crippen molar-refractivity contribution in [3.05, 3.63) is 28.2 Å². The second-order valence-corrected chi connectivity index (χ2v) is 6.15. The summed E-state index contributed by atoms with van der Waals surface area (Å²) in [5.41, 5.74) is 0.0590. The number of aryl methyl sites for hydroxylation is 1. The summed E-state index contributed by atoms with van der Waals surface area (Å²) in [4.78, 5) is 50.9. The third kappa shape index (κ3) is 3.09. The molecule has 4 amide bonds. The van der Waals surface area contributed by atoms with Crippen LogP contribution in [-0.4, -0.2) is 65.0 Å². The molecule has 0 atom stereocenters. The lowest BCUT2D eigenvalue weighted by atomic mass is 10.0. The molecule has 0 aromatic carbocycles. The van der Waals surface area contributed by atoms with Crippen molar-refractivity contribution in [1.29, 1.82) is 0 Å². The number of pyridine rings is 1. The fourth-order valence-electron chi connectivity index (χ4n) is 3.24. The van der Waals surface area contributed by atoms with Crippen molar-refractivity contribution in [2.45, 2.75) is 18.9 Å². The molecular weight excluding hydrogens is 328 g/mol. The predicted molar refractivity (Wildman–Crippen MR) is 87.4 cm³/mol. The van der Waals surface area contributed by atoms with Crippen molar-refractivity contribution in [3.8, 4) is 5.75 Å². The van der Waals surface area contributed by atoms with Crippen LogP contribution in [0, 0.1) is 0 Å². The van der Waals surface area contributed by atoms with Crippen molar-refractivity contribution in [1.82, 2.24) is 19.7 Å². The number of carbonyl (C=O) groups is 3. The van der Waals surface area contributed by atoms with Gasteiger partial charge in [-0.25, -0.2) is 4.79 Å². The van der Waals surface area contributed by atoms with Gasteiger partial charge in [-0.15, -0.1) is 0 Å². The molecule has 2 aliphatic heterocycles. The second kappa shape index (κ2) is 6.58. The van der Waals surface area contributed by atoms with Gasteiger partial charge in [-0.2, -0.15) is 0 Å². The van der Waals surface area contributed by atoms with Crippen LogP contribution in [0.15, 0.2) is 17.1 Å². The fourth-order valence-corrected chi connectivity index (χ4v) is 3.24. The Kier molecular flexibility index (Phi) is 4.47. The highest BCUT2D eigenvalue weighted by molar-refractivity contribution is 6.02. The normalized spacial score (nSPS) is 18.5. The Morgan fingerprint density at radius 2 is 1.92 bits per heavy atom. The number of likely N-dealkylation sites (tertiary alicyclic amines) is 1. The van der Waals surface area contributed by atoms with Crippen molar-refractivity contribution in [2.75, 3.05) is 26.7 Å². The minimum absolute atomic E-state index is 0.0349. The Bertz CT molecular complexity index is 763. The molecule has 0 spiro atoms. The van der Waals surface area contributed by atoms with E-state index in [2.05, 4.69) is 5.32 Å². The first-order chi connectivity index (χ1) is 11.9. The van der Waals surface area contributed by atoms with Crippen LogP contribution in [0.4, 0.5) is 4.79 Å². The van der Waals surface area contributed by atoms with Gasteiger partial charge in [0.05, 0.1) is 19.2 Å². The van der Waals surface area contributed by atoms with Gasteiger partial charge in [0.1, 0.15) is 5.75 Å². The fraction of sp³-hybridized carbons (Fsp3) is 0.500. The largest absolute Gasteiger partial charge is 0.496 e. The number of ether oxygens (including phenoxy) is 1. The number of aromatic nitrogens is 1. The number of rotatable bonds is 3. The molecule has 1 N–H and O–H groups in total. The number of nitrogens with zero attached hydrogens (tertiary/aromatic N) is 3. The molecule has 1 aromatic rings. The molecule has 9 nitrogen and oxygen atoms in total. The van der Waals surface area contributed by atoms with Gasteiger partial charge in [0.2, 0.25) is 5.91 Å². The monoisotopic (exact) mass is 348 g/mol. The van der Waals surface area contributed by atoms with E-state index in [1.807, 2.05) is 0 Å². The highest BCUT2D eigenvalue weighted by Gasteiger charge is 2.37. The number of imide groups is 1. The minimum Gasteiger partial charge on any atom is -0.496 e. The van der Waals surface area contributed by atoms with Crippen LogP contribution in [0.5, 0.6) is 5.75 Å². The topological polar surface area (TPSA) is 101 Å². The summed E-state index contributed by atoms with van der Waals surface area (Å²) in [6, 6.07) is 0.725. The van der Waals surface area contributed by atoms with Gasteiger partial charge in [0.15, 0.2) is 0 Å². The lowest BCUT2D eigenvalue weighted by Crippen LogP contribution is -2.49. The molecule has 2 fully saturated rings. The maximum absolute atomic E-state index is 12.8. The molecule has 2 aliphatic rings. The first-order valence-corrected chi connectivity index (χ1v) is 8.06. The smallest absolute Gasteiger partial charge is 0.324 e. The third-order valence-electron chi connectivity index (χ3n) is 4.64. The zero-order valence-corrected chi connectivity index (χ0v) is 14.2. The number of carbonyl (C=O) groups excluding carboxylic acids is 3. The standard InChI is InChI=1S/C16H20N4O5/c1-18-9-11(12(25-2)7-13(18)21)15(23)19-5-3-10(4-6-19)20-14(22)8-17-16(20)24/h7,9-10H,3-6,8H2,1-2H3,(H,17,24). The Hall–Kier alpha value is -2.84. The van der Waals surface area contributed by atoms with E-state index in [0.717, 1.165) is 0 Å². The zero-order chi connectivity index (χ0) is 18.1. The number of amides is 4. The molecule has 2 saturated heterocycles. The average molecular weight is 348 g/mol. The first-order valence-electron chi connectivity index (χ1n) is 8.06. The van der Waals surface area contributed by atoms with Crippen LogP contribution in [0.1, 0.15) is 23.2 Å². The maximum atomic E-state index is 12.8. The van der Waals surface area contributed by atoms with E-state index in [4.69, 9.17) is 4.74 Å². The summed E-state index contributed by atoms with van der Waals surface area (Å²) in [5.74, 6) is -0.220. The van der Waals surface area contributed by atoms with Crippen molar-refractivity contribution in [3.63, 3.8) is 0 Å². The molecule has 0 saturated carbocycles. The number of methoxy groups -OCH3 is 1. The molecular formula is C16H20N4O5. The molecule has 0 radical (unpaired) electrons. The summed E-state index contributed by atoms with van der Waals surface area (Å²) in [6.07, 6.45) is 2.52. The average Bonchev–Trinajstić information content (AvgIpc) is 2.95. The number of hydrogen-bond acceptors (Lipinski definition) is 5. The number of nitrogens with one attached hydrogen (secondary N) is 1. The van der Waals surface area contributed by atoms with Gasteiger partial charge >= 0.3 is 6.03 Å². The minimum atomic E-state index is -0.366. The van der Waals surface area contributed by atoms with Crippen molar-refractivity contribution < 1.29 is 19.1 Å². The van der Waals surface area contributed by atoms with Crippen LogP contribution < -0.4 is 15.6 Å². The quantitative estimate of drug-likeness (QED) is 0.746. The van der Waals surface area contributed by atoms with Gasteiger partial charge in [-0.3, -0.25) is 19.3 Å². The van der Waals surface area contributed by atoms with Gasteiger partial charge in [-0.05, 0) is 12.8 Å². The Balaban J connectivity index is 1.72. The van der Waals surface area contributed by atoms with Gasteiger partial charge in [0.25, 0.3) is 11.5 Å². The molecule has 0 unspecified atom stereocenters. The summed E-state index contributed by atoms with van der Waals surface area (Å²) >= 11 is 0. The zero-order valence-electron chi connectivity index (χ0n) is 14.2. The van der Waals surface area contributed by atoms with E-state index in [1.54, 1.807) is 11.9 Å². The molecule has 3 rings (SSSR count). The number of urea groups is 1. The van der Waals surface area contributed by atoms with E-state index in [1.165, 1.54) is 28.8 Å². The van der Waals surface area contributed by atoms with E-state index in [0.29, 0.717) is 31.5 Å². The molecule has 25 heavy (non-hydrogen) atoms. The van der Waals surface area contributed by atoms with Crippen LogP contribution in [0.3, 0.4) is 0 Å². The van der Waals surface area contributed by atoms with E-state index in [-0.39, 0.29) is 41.7 Å². The molecule has 134 valence electrons. The van der Waals surface area contributed by atoms with E-state index >= 15 is 0 Å². The SMILES string of the molecule is COc1cc(=O)n(C)cc1C(=O)N1CCC(N2C(=O)CNC2=O)CC1. The second-order valence-electron chi connectivity index (χ2n) is 6.15. The lowest BCUT2D eigenvalue weighted by Gasteiger charge is -2.35. The Morgan fingerprint density at radius 3 is 2.48 bits per heavy atom. The van der Waals surface area contributed by atoms with Crippen LogP contribution >= 0.6 is 0 Å². The van der Waals surface area contributed by atoms with Crippen molar-refractivity contribution >= 4 is 17.8 Å². The molecule has 3 heterocycles. The number of hydrogen-bond donors (Lipinski definition) is 1. The summed E-state index contributed by atoms with van der Waals surface area (Å²) in [6.45, 7) is 0.881. The molecule has 1 aromatic heterocycles. The Morgan fingerprint density at radius 1 is 1.24 bits per heavy atom. The molecule has 0 aliphatic carbocycles. The molecule has 9 heteroatoms. The lowest BCUT2D eigenvalue weighted by molar-refractivity contribution is -0.127. The summed E-state index contributed by atoms with van der Waals surface area (Å²) in [5, 5.41) is 2.51. The Labute approximate surface area is 144 Å². The molecule has 0 bridgehead atoms. The van der Waals surface area contributed by atoms with E-state index in [9.17, 15) is 19.2 Å². The van der Waals surface area contributed by atoms with Crippen molar-refractivity contribution in [2.24, 2.45) is 7.05 Å². The highest BCUT2D eigenvalue weighted by Crippen LogP contribution is 2.23. The van der Waals surface area contributed by atoms with Crippen LogP contribution in [0.2, 0.25) is 0 Å². The number of piperidine rings is 1. The van der Waals surface area contributed by atoms with Gasteiger partial charge in [-0.1, -0.05) is 0 Å². The van der Waals surface area contributed by atoms with Crippen LogP contribution in [0.25, 0.3) is 0 Å². The maximum Gasteiger partial charge on any atom is 0.324 e. The summed E-state index contributed by atoms with van der Waals surface area (Å²) in [7, 11) is 2.98. The highest BCUT2D eigenvalue weighted by atomic mass is 16.5.